The summed E-state index contributed by atoms with van der Waals surface area (Å²) in [5, 5.41) is 3.68. The molecule has 1 unspecified atom stereocenters. The van der Waals surface area contributed by atoms with Crippen LogP contribution in [0.25, 0.3) is 0 Å². The third kappa shape index (κ3) is 2.86. The van der Waals surface area contributed by atoms with Gasteiger partial charge in [0.1, 0.15) is 0 Å². The summed E-state index contributed by atoms with van der Waals surface area (Å²) in [5.41, 5.74) is 1.65. The van der Waals surface area contributed by atoms with E-state index in [4.69, 9.17) is 0 Å². The Kier molecular flexibility index (Phi) is 5.00. The minimum Gasteiger partial charge on any atom is -0.312 e. The Balaban J connectivity index is 2.82. The zero-order valence-corrected chi connectivity index (χ0v) is 11.5. The average Bonchev–Trinajstić information content (AvgIpc) is 2.66. The molecule has 0 aromatic carbocycles. The minimum atomic E-state index is 0.356. The van der Waals surface area contributed by atoms with Crippen LogP contribution in [0, 0.1) is 0 Å². The normalized spacial score (nSPS) is 21.3. The Labute approximate surface area is 101 Å². The largest absolute Gasteiger partial charge is 0.312 e. The molecule has 94 valence electrons. The molecule has 0 amide bonds. The lowest BCUT2D eigenvalue weighted by Crippen LogP contribution is -2.57. The Morgan fingerprint density at radius 1 is 1.38 bits per heavy atom. The lowest BCUT2D eigenvalue weighted by atomic mass is 9.83. The van der Waals surface area contributed by atoms with Gasteiger partial charge in [0.25, 0.3) is 0 Å². The van der Waals surface area contributed by atoms with E-state index in [1.54, 1.807) is 0 Å². The second kappa shape index (κ2) is 5.83. The number of rotatable bonds is 6. The molecule has 1 atom stereocenters. The molecule has 1 saturated carbocycles. The van der Waals surface area contributed by atoms with Gasteiger partial charge in [0.2, 0.25) is 0 Å². The molecule has 0 radical (unpaired) electrons. The van der Waals surface area contributed by atoms with Crippen LogP contribution in [0.15, 0.2) is 12.2 Å². The molecule has 1 rings (SSSR count). The van der Waals surface area contributed by atoms with Crippen molar-refractivity contribution in [3.63, 3.8) is 0 Å². The van der Waals surface area contributed by atoms with Crippen molar-refractivity contribution >= 4 is 0 Å². The highest BCUT2D eigenvalue weighted by Gasteiger charge is 2.42. The van der Waals surface area contributed by atoms with Crippen LogP contribution in [0.3, 0.4) is 0 Å². The number of likely N-dealkylation sites (N-methyl/N-ethyl adjacent to an activating group) is 2. The highest BCUT2D eigenvalue weighted by atomic mass is 15.2. The number of hydrogen-bond donors (Lipinski definition) is 1. The molecule has 2 nitrogen and oxygen atoms in total. The quantitative estimate of drug-likeness (QED) is 0.698. The summed E-state index contributed by atoms with van der Waals surface area (Å²) in [6.45, 7) is 9.47. The Morgan fingerprint density at radius 3 is 2.31 bits per heavy atom. The molecule has 0 aliphatic heterocycles. The van der Waals surface area contributed by atoms with E-state index < -0.39 is 0 Å². The molecular formula is C14H28N2. The smallest absolute Gasteiger partial charge is 0.0359 e. The van der Waals surface area contributed by atoms with E-state index in [-0.39, 0.29) is 0 Å². The van der Waals surface area contributed by atoms with Gasteiger partial charge in [-0.2, -0.15) is 0 Å². The van der Waals surface area contributed by atoms with Gasteiger partial charge in [-0.3, -0.25) is 0 Å². The molecule has 1 aliphatic rings. The molecule has 1 N–H and O–H groups in total. The number of hydrogen-bond acceptors (Lipinski definition) is 2. The van der Waals surface area contributed by atoms with Crippen LogP contribution >= 0.6 is 0 Å². The van der Waals surface area contributed by atoms with Gasteiger partial charge in [-0.1, -0.05) is 25.3 Å². The third-order valence-electron chi connectivity index (χ3n) is 4.01. The van der Waals surface area contributed by atoms with Crippen molar-refractivity contribution in [2.45, 2.75) is 57.5 Å². The van der Waals surface area contributed by atoms with Crippen molar-refractivity contribution in [3.8, 4) is 0 Å². The SMILES string of the molecule is C=C(C)CC(NCC)C1(N(C)C)CCCC1. The van der Waals surface area contributed by atoms with E-state index in [0.717, 1.165) is 13.0 Å². The van der Waals surface area contributed by atoms with E-state index in [2.05, 4.69) is 44.7 Å². The molecule has 0 bridgehead atoms. The third-order valence-corrected chi connectivity index (χ3v) is 4.01. The van der Waals surface area contributed by atoms with E-state index in [0.29, 0.717) is 11.6 Å². The summed E-state index contributed by atoms with van der Waals surface area (Å²) in [6, 6.07) is 0.563. The van der Waals surface area contributed by atoms with Crippen molar-refractivity contribution < 1.29 is 0 Å². The fourth-order valence-corrected chi connectivity index (χ4v) is 3.14. The molecule has 2 heteroatoms. The predicted molar refractivity (Wildman–Crippen MR) is 71.8 cm³/mol. The predicted octanol–water partition coefficient (Wildman–Crippen LogP) is 2.81. The van der Waals surface area contributed by atoms with Gasteiger partial charge in [-0.15, -0.1) is 6.58 Å². The van der Waals surface area contributed by atoms with E-state index in [1.165, 1.54) is 31.3 Å². The fraction of sp³-hybridized carbons (Fsp3) is 0.857. The second-order valence-corrected chi connectivity index (χ2v) is 5.48. The summed E-state index contributed by atoms with van der Waals surface area (Å²) >= 11 is 0. The maximum atomic E-state index is 4.08. The summed E-state index contributed by atoms with van der Waals surface area (Å²) in [6.07, 6.45) is 6.49. The first kappa shape index (κ1) is 13.7. The molecule has 0 spiro atoms. The highest BCUT2D eigenvalue weighted by Crippen LogP contribution is 2.38. The first-order chi connectivity index (χ1) is 7.53. The first-order valence-corrected chi connectivity index (χ1v) is 6.58. The van der Waals surface area contributed by atoms with Gasteiger partial charge >= 0.3 is 0 Å². The molecule has 0 aromatic heterocycles. The maximum Gasteiger partial charge on any atom is 0.0359 e. The van der Waals surface area contributed by atoms with E-state index in [1.807, 2.05) is 0 Å². The zero-order chi connectivity index (χ0) is 12.2. The fourth-order valence-electron chi connectivity index (χ4n) is 3.14. The molecule has 0 aromatic rings. The van der Waals surface area contributed by atoms with E-state index in [9.17, 15) is 0 Å². The lowest BCUT2D eigenvalue weighted by Gasteiger charge is -2.44. The molecule has 1 fully saturated rings. The monoisotopic (exact) mass is 224 g/mol. The van der Waals surface area contributed by atoms with Crippen molar-refractivity contribution in [1.82, 2.24) is 10.2 Å². The summed E-state index contributed by atoms with van der Waals surface area (Å²) in [4.78, 5) is 2.44. The zero-order valence-electron chi connectivity index (χ0n) is 11.5. The van der Waals surface area contributed by atoms with Gasteiger partial charge < -0.3 is 10.2 Å². The van der Waals surface area contributed by atoms with Gasteiger partial charge in [0.15, 0.2) is 0 Å². The van der Waals surface area contributed by atoms with Crippen LogP contribution in [-0.2, 0) is 0 Å². The minimum absolute atomic E-state index is 0.356. The van der Waals surface area contributed by atoms with Gasteiger partial charge in [-0.25, -0.2) is 0 Å². The summed E-state index contributed by atoms with van der Waals surface area (Å²) in [5.74, 6) is 0. The molecule has 0 saturated heterocycles. The van der Waals surface area contributed by atoms with Crippen molar-refractivity contribution in [2.24, 2.45) is 0 Å². The van der Waals surface area contributed by atoms with Crippen LogP contribution in [0.2, 0.25) is 0 Å². The Morgan fingerprint density at radius 2 is 1.94 bits per heavy atom. The van der Waals surface area contributed by atoms with Crippen molar-refractivity contribution in [2.75, 3.05) is 20.6 Å². The van der Waals surface area contributed by atoms with Crippen LogP contribution < -0.4 is 5.32 Å². The molecular weight excluding hydrogens is 196 g/mol. The summed E-state index contributed by atoms with van der Waals surface area (Å²) < 4.78 is 0. The van der Waals surface area contributed by atoms with Gasteiger partial charge in [0, 0.05) is 11.6 Å². The first-order valence-electron chi connectivity index (χ1n) is 6.58. The van der Waals surface area contributed by atoms with E-state index >= 15 is 0 Å². The summed E-state index contributed by atoms with van der Waals surface area (Å²) in [7, 11) is 4.46. The van der Waals surface area contributed by atoms with Gasteiger partial charge in [-0.05, 0) is 46.8 Å². The Bertz CT molecular complexity index is 227. The lowest BCUT2D eigenvalue weighted by molar-refractivity contribution is 0.105. The molecule has 16 heavy (non-hydrogen) atoms. The number of nitrogens with zero attached hydrogens (tertiary/aromatic N) is 1. The topological polar surface area (TPSA) is 15.3 Å². The maximum absolute atomic E-state index is 4.08. The van der Waals surface area contributed by atoms with Crippen LogP contribution in [0.1, 0.15) is 46.0 Å². The van der Waals surface area contributed by atoms with Crippen LogP contribution in [0.5, 0.6) is 0 Å². The highest BCUT2D eigenvalue weighted by molar-refractivity contribution is 5.07. The van der Waals surface area contributed by atoms with Crippen molar-refractivity contribution in [1.29, 1.82) is 0 Å². The standard InChI is InChI=1S/C14H28N2/c1-6-15-13(11-12(2)3)14(16(4)5)9-7-8-10-14/h13,15H,2,6-11H2,1,3-5H3. The second-order valence-electron chi connectivity index (χ2n) is 5.48. The Hall–Kier alpha value is -0.340. The van der Waals surface area contributed by atoms with Crippen molar-refractivity contribution in [3.05, 3.63) is 12.2 Å². The van der Waals surface area contributed by atoms with Crippen LogP contribution in [-0.4, -0.2) is 37.1 Å². The molecule has 0 heterocycles. The van der Waals surface area contributed by atoms with Crippen LogP contribution in [0.4, 0.5) is 0 Å². The molecule has 1 aliphatic carbocycles. The number of nitrogens with one attached hydrogen (secondary N) is 1. The average molecular weight is 224 g/mol. The van der Waals surface area contributed by atoms with Gasteiger partial charge in [0.05, 0.1) is 0 Å².